The minimum atomic E-state index is -0.267. The second kappa shape index (κ2) is 3.09. The highest BCUT2D eigenvalue weighted by molar-refractivity contribution is 9.25. The van der Waals surface area contributed by atoms with Crippen molar-refractivity contribution in [1.82, 2.24) is 0 Å². The fraction of sp³-hybridized carbons (Fsp3) is 0.333. The Hall–Kier alpha value is 0.880. The molecule has 1 aliphatic carbocycles. The van der Waals surface area contributed by atoms with Crippen LogP contribution >= 0.6 is 47.8 Å². The van der Waals surface area contributed by atoms with Gasteiger partial charge in [0.15, 0.2) is 0 Å². The molecule has 1 unspecified atom stereocenters. The first-order valence-corrected chi connectivity index (χ1v) is 5.10. The standard InChI is InChI=1S/C6H6Br3N/c7-4-1-2-6(8,9)5(10)3-4/h1-3,5H,10H2. The molecule has 0 aromatic rings. The summed E-state index contributed by atoms with van der Waals surface area (Å²) < 4.78 is 0.756. The van der Waals surface area contributed by atoms with Crippen molar-refractivity contribution in [3.05, 3.63) is 22.7 Å². The monoisotopic (exact) mass is 329 g/mol. The molecule has 2 N–H and O–H groups in total. The van der Waals surface area contributed by atoms with E-state index in [2.05, 4.69) is 47.8 Å². The Labute approximate surface area is 85.1 Å². The van der Waals surface area contributed by atoms with Crippen LogP contribution in [0.1, 0.15) is 0 Å². The zero-order valence-electron chi connectivity index (χ0n) is 5.02. The van der Waals surface area contributed by atoms with Crippen molar-refractivity contribution in [2.24, 2.45) is 5.73 Å². The van der Waals surface area contributed by atoms with Crippen molar-refractivity contribution in [3.8, 4) is 0 Å². The topological polar surface area (TPSA) is 26.0 Å². The molecule has 0 amide bonds. The van der Waals surface area contributed by atoms with Gasteiger partial charge in [-0.2, -0.15) is 0 Å². The van der Waals surface area contributed by atoms with Crippen molar-refractivity contribution in [2.75, 3.05) is 0 Å². The van der Waals surface area contributed by atoms with Crippen LogP contribution in [0.15, 0.2) is 22.7 Å². The SMILES string of the molecule is NC1C=C(Br)C=CC1(Br)Br. The van der Waals surface area contributed by atoms with Crippen molar-refractivity contribution in [1.29, 1.82) is 0 Å². The Morgan fingerprint density at radius 1 is 1.50 bits per heavy atom. The van der Waals surface area contributed by atoms with Crippen LogP contribution in [0.2, 0.25) is 0 Å². The molecule has 0 spiro atoms. The number of hydrogen-bond acceptors (Lipinski definition) is 1. The third-order valence-corrected chi connectivity index (χ3v) is 3.36. The molecule has 0 radical (unpaired) electrons. The van der Waals surface area contributed by atoms with E-state index in [0.717, 1.165) is 4.48 Å². The molecule has 0 fully saturated rings. The van der Waals surface area contributed by atoms with Gasteiger partial charge in [0.25, 0.3) is 0 Å². The maximum absolute atomic E-state index is 5.75. The van der Waals surface area contributed by atoms with Gasteiger partial charge in [0.1, 0.15) is 3.23 Å². The fourth-order valence-corrected chi connectivity index (χ4v) is 1.59. The molecule has 0 aromatic heterocycles. The summed E-state index contributed by atoms with van der Waals surface area (Å²) in [5.41, 5.74) is 5.75. The highest BCUT2D eigenvalue weighted by atomic mass is 79.9. The van der Waals surface area contributed by atoms with Gasteiger partial charge < -0.3 is 5.73 Å². The number of nitrogens with two attached hydrogens (primary N) is 1. The molecule has 0 aromatic carbocycles. The Kier molecular flexibility index (Phi) is 2.77. The van der Waals surface area contributed by atoms with Gasteiger partial charge in [-0.3, -0.25) is 0 Å². The van der Waals surface area contributed by atoms with Crippen LogP contribution in [0.4, 0.5) is 0 Å². The summed E-state index contributed by atoms with van der Waals surface area (Å²) in [6.45, 7) is 0. The van der Waals surface area contributed by atoms with Gasteiger partial charge in [0, 0.05) is 4.48 Å². The maximum Gasteiger partial charge on any atom is 0.117 e. The third kappa shape index (κ3) is 1.94. The van der Waals surface area contributed by atoms with Crippen LogP contribution in [-0.2, 0) is 0 Å². The zero-order chi connectivity index (χ0) is 7.78. The second-order valence-corrected chi connectivity index (χ2v) is 6.69. The van der Waals surface area contributed by atoms with Crippen LogP contribution in [0.5, 0.6) is 0 Å². The molecule has 1 atom stereocenters. The van der Waals surface area contributed by atoms with Gasteiger partial charge in [0.2, 0.25) is 0 Å². The Balaban J connectivity index is 2.84. The summed E-state index contributed by atoms with van der Waals surface area (Å²) in [4.78, 5) is 0. The van der Waals surface area contributed by atoms with E-state index in [9.17, 15) is 0 Å². The molecule has 1 aliphatic rings. The molecule has 4 heteroatoms. The van der Waals surface area contributed by atoms with Crippen LogP contribution < -0.4 is 5.73 Å². The number of alkyl halides is 2. The predicted molar refractivity (Wildman–Crippen MR) is 54.7 cm³/mol. The van der Waals surface area contributed by atoms with Gasteiger partial charge in [-0.25, -0.2) is 0 Å². The summed E-state index contributed by atoms with van der Waals surface area (Å²) in [6, 6.07) is -0.0353. The first-order chi connectivity index (χ1) is 4.52. The van der Waals surface area contributed by atoms with Gasteiger partial charge in [-0.15, -0.1) is 0 Å². The zero-order valence-corrected chi connectivity index (χ0v) is 9.78. The van der Waals surface area contributed by atoms with Gasteiger partial charge >= 0.3 is 0 Å². The Bertz CT molecular complexity index is 195. The normalized spacial score (nSPS) is 30.0. The van der Waals surface area contributed by atoms with E-state index in [-0.39, 0.29) is 9.28 Å². The third-order valence-electron chi connectivity index (χ3n) is 1.25. The summed E-state index contributed by atoms with van der Waals surface area (Å²) in [6.07, 6.45) is 5.85. The number of halogens is 3. The molecule has 1 rings (SSSR count). The summed E-state index contributed by atoms with van der Waals surface area (Å²) >= 11 is 10.2. The lowest BCUT2D eigenvalue weighted by Crippen LogP contribution is -2.36. The van der Waals surface area contributed by atoms with Crippen molar-refractivity contribution < 1.29 is 0 Å². The molecule has 0 bridgehead atoms. The Morgan fingerprint density at radius 3 is 2.50 bits per heavy atom. The lowest BCUT2D eigenvalue weighted by atomic mass is 10.1. The lowest BCUT2D eigenvalue weighted by Gasteiger charge is -2.24. The summed E-state index contributed by atoms with van der Waals surface area (Å²) in [5, 5.41) is 0. The molecule has 56 valence electrons. The summed E-state index contributed by atoms with van der Waals surface area (Å²) in [5.74, 6) is 0. The number of hydrogen-bond donors (Lipinski definition) is 1. The molecular formula is C6H6Br3N. The summed E-state index contributed by atoms with van der Waals surface area (Å²) in [7, 11) is 0. The second-order valence-electron chi connectivity index (χ2n) is 2.09. The first kappa shape index (κ1) is 8.97. The van der Waals surface area contributed by atoms with Gasteiger partial charge in [-0.1, -0.05) is 59.9 Å². The Morgan fingerprint density at radius 2 is 2.10 bits per heavy atom. The van der Waals surface area contributed by atoms with E-state index in [0.29, 0.717) is 0 Å². The van der Waals surface area contributed by atoms with Crippen LogP contribution in [-0.4, -0.2) is 9.28 Å². The largest absolute Gasteiger partial charge is 0.322 e. The molecule has 10 heavy (non-hydrogen) atoms. The highest BCUT2D eigenvalue weighted by Crippen LogP contribution is 2.35. The quantitative estimate of drug-likeness (QED) is 0.679. The molecule has 0 aliphatic heterocycles. The van der Waals surface area contributed by atoms with Crippen LogP contribution in [0, 0.1) is 0 Å². The smallest absolute Gasteiger partial charge is 0.117 e. The van der Waals surface area contributed by atoms with Gasteiger partial charge in [-0.05, 0) is 6.08 Å². The lowest BCUT2D eigenvalue weighted by molar-refractivity contribution is 0.819. The first-order valence-electron chi connectivity index (χ1n) is 2.72. The highest BCUT2D eigenvalue weighted by Gasteiger charge is 2.28. The molecule has 0 saturated carbocycles. The van der Waals surface area contributed by atoms with E-state index < -0.39 is 0 Å². The average Bonchev–Trinajstić information content (AvgIpc) is 1.81. The predicted octanol–water partition coefficient (Wildman–Crippen LogP) is 2.65. The van der Waals surface area contributed by atoms with Crippen molar-refractivity contribution in [3.63, 3.8) is 0 Å². The molecule has 1 nitrogen and oxygen atoms in total. The minimum absolute atomic E-state index is 0.0353. The molecule has 0 saturated heterocycles. The number of allylic oxidation sites excluding steroid dienone is 2. The molecular weight excluding hydrogens is 326 g/mol. The van der Waals surface area contributed by atoms with Crippen molar-refractivity contribution >= 4 is 47.8 Å². The van der Waals surface area contributed by atoms with Crippen molar-refractivity contribution in [2.45, 2.75) is 9.28 Å². The molecule has 0 heterocycles. The van der Waals surface area contributed by atoms with E-state index in [1.807, 2.05) is 18.2 Å². The average molecular weight is 332 g/mol. The minimum Gasteiger partial charge on any atom is -0.322 e. The van der Waals surface area contributed by atoms with Crippen LogP contribution in [0.3, 0.4) is 0 Å². The number of rotatable bonds is 0. The van der Waals surface area contributed by atoms with E-state index >= 15 is 0 Å². The maximum atomic E-state index is 5.75. The van der Waals surface area contributed by atoms with E-state index in [1.54, 1.807) is 0 Å². The van der Waals surface area contributed by atoms with Gasteiger partial charge in [0.05, 0.1) is 6.04 Å². The van der Waals surface area contributed by atoms with E-state index in [1.165, 1.54) is 0 Å². The fourth-order valence-electron chi connectivity index (χ4n) is 0.640. The van der Waals surface area contributed by atoms with E-state index in [4.69, 9.17) is 5.73 Å². The van der Waals surface area contributed by atoms with Crippen LogP contribution in [0.25, 0.3) is 0 Å².